The molecule has 0 aliphatic heterocycles. The number of hydrogen-bond acceptors (Lipinski definition) is 1. The molecule has 0 atom stereocenters. The van der Waals surface area contributed by atoms with Crippen molar-refractivity contribution in [2.75, 3.05) is 0 Å². The third-order valence-electron chi connectivity index (χ3n) is 2.31. The van der Waals surface area contributed by atoms with Gasteiger partial charge < -0.3 is 0 Å². The normalized spacial score (nSPS) is 12.1. The maximum Gasteiger partial charge on any atom is 0.0727 e. The first-order valence-electron chi connectivity index (χ1n) is 5.07. The van der Waals surface area contributed by atoms with Crippen LogP contribution in [-0.2, 0) is 0 Å². The molecule has 0 aliphatic rings. The maximum atomic E-state index is 4.34. The smallest absolute Gasteiger partial charge is 0.0727 e. The molecule has 0 fully saturated rings. The van der Waals surface area contributed by atoms with E-state index in [0.717, 1.165) is 22.4 Å². The van der Waals surface area contributed by atoms with Crippen LogP contribution in [0.15, 0.2) is 48.7 Å². The predicted octanol–water partition coefficient (Wildman–Crippen LogP) is 3.93. The van der Waals surface area contributed by atoms with Crippen LogP contribution in [0.25, 0.3) is 5.57 Å². The molecular weight excluding hydrogens is 182 g/mol. The van der Waals surface area contributed by atoms with Gasteiger partial charge in [-0.05, 0) is 43.5 Å². The molecule has 1 aromatic heterocycles. The van der Waals surface area contributed by atoms with Crippen LogP contribution in [0.2, 0.25) is 0 Å². The molecule has 1 heterocycles. The molecule has 0 radical (unpaired) electrons. The molecule has 1 aromatic rings. The third kappa shape index (κ3) is 2.91. The van der Waals surface area contributed by atoms with Crippen LogP contribution in [0, 0.1) is 6.92 Å². The second-order valence-corrected chi connectivity index (χ2v) is 3.52. The monoisotopic (exact) mass is 199 g/mol. The largest absolute Gasteiger partial charge is 0.256 e. The van der Waals surface area contributed by atoms with E-state index >= 15 is 0 Å². The van der Waals surface area contributed by atoms with E-state index in [1.54, 1.807) is 6.20 Å². The fraction of sp³-hybridized carbons (Fsp3) is 0.214. The summed E-state index contributed by atoms with van der Waals surface area (Å²) >= 11 is 0. The van der Waals surface area contributed by atoms with Crippen LogP contribution in [0.4, 0.5) is 0 Å². The first kappa shape index (κ1) is 11.4. The lowest BCUT2D eigenvalue weighted by atomic mass is 10.0. The summed E-state index contributed by atoms with van der Waals surface area (Å²) in [7, 11) is 0. The van der Waals surface area contributed by atoms with E-state index in [1.807, 2.05) is 25.1 Å². The highest BCUT2D eigenvalue weighted by molar-refractivity contribution is 5.76. The number of aromatic nitrogens is 1. The summed E-state index contributed by atoms with van der Waals surface area (Å²) in [5, 5.41) is 0. The number of pyridine rings is 1. The predicted molar refractivity (Wildman–Crippen MR) is 66.6 cm³/mol. The van der Waals surface area contributed by atoms with E-state index < -0.39 is 0 Å². The molecule has 78 valence electrons. The van der Waals surface area contributed by atoms with Crippen LogP contribution in [0.5, 0.6) is 0 Å². The standard InChI is InChI=1S/C14H17N/c1-5-6-8-11(2)13(4)14-12(3)9-7-10-15-14/h5-10H,4H2,1-3H3/b6-5-,11-8-. The van der Waals surface area contributed by atoms with Gasteiger partial charge in [0, 0.05) is 6.20 Å². The topological polar surface area (TPSA) is 12.9 Å². The van der Waals surface area contributed by atoms with E-state index in [1.165, 1.54) is 0 Å². The molecule has 15 heavy (non-hydrogen) atoms. The van der Waals surface area contributed by atoms with Crippen LogP contribution in [0.1, 0.15) is 25.1 Å². The molecule has 0 saturated carbocycles. The van der Waals surface area contributed by atoms with Crippen molar-refractivity contribution >= 4 is 5.57 Å². The van der Waals surface area contributed by atoms with Crippen molar-refractivity contribution in [1.29, 1.82) is 0 Å². The van der Waals surface area contributed by atoms with Crippen molar-refractivity contribution in [3.63, 3.8) is 0 Å². The summed E-state index contributed by atoms with van der Waals surface area (Å²) in [4.78, 5) is 4.34. The fourth-order valence-electron chi connectivity index (χ4n) is 1.33. The van der Waals surface area contributed by atoms with Crippen LogP contribution < -0.4 is 0 Å². The molecule has 0 aliphatic carbocycles. The molecule has 0 N–H and O–H groups in total. The van der Waals surface area contributed by atoms with E-state index in [4.69, 9.17) is 0 Å². The summed E-state index contributed by atoms with van der Waals surface area (Å²) < 4.78 is 0. The van der Waals surface area contributed by atoms with Gasteiger partial charge in [0.05, 0.1) is 5.69 Å². The Morgan fingerprint density at radius 3 is 2.80 bits per heavy atom. The zero-order valence-electron chi connectivity index (χ0n) is 9.62. The number of hydrogen-bond donors (Lipinski definition) is 0. The van der Waals surface area contributed by atoms with Crippen molar-refractivity contribution in [3.05, 3.63) is 60.0 Å². The van der Waals surface area contributed by atoms with Gasteiger partial charge in [-0.1, -0.05) is 30.9 Å². The number of rotatable bonds is 3. The van der Waals surface area contributed by atoms with Crippen molar-refractivity contribution in [2.45, 2.75) is 20.8 Å². The van der Waals surface area contributed by atoms with Gasteiger partial charge in [-0.3, -0.25) is 4.98 Å². The van der Waals surface area contributed by atoms with Gasteiger partial charge >= 0.3 is 0 Å². The lowest BCUT2D eigenvalue weighted by Gasteiger charge is -2.07. The molecule has 0 unspecified atom stereocenters. The van der Waals surface area contributed by atoms with Crippen molar-refractivity contribution in [3.8, 4) is 0 Å². The minimum Gasteiger partial charge on any atom is -0.256 e. The molecular formula is C14H17N. The highest BCUT2D eigenvalue weighted by Gasteiger charge is 2.04. The summed E-state index contributed by atoms with van der Waals surface area (Å²) in [5.41, 5.74) is 4.28. The summed E-state index contributed by atoms with van der Waals surface area (Å²) in [6.07, 6.45) is 7.87. The lowest BCUT2D eigenvalue weighted by Crippen LogP contribution is -1.92. The molecule has 0 spiro atoms. The van der Waals surface area contributed by atoms with Gasteiger partial charge in [-0.2, -0.15) is 0 Å². The molecule has 1 nitrogen and oxygen atoms in total. The first-order valence-corrected chi connectivity index (χ1v) is 5.07. The van der Waals surface area contributed by atoms with E-state index in [0.29, 0.717) is 0 Å². The van der Waals surface area contributed by atoms with Gasteiger partial charge in [0.25, 0.3) is 0 Å². The van der Waals surface area contributed by atoms with Crippen LogP contribution in [0.3, 0.4) is 0 Å². The fourth-order valence-corrected chi connectivity index (χ4v) is 1.33. The van der Waals surface area contributed by atoms with Gasteiger partial charge in [-0.15, -0.1) is 0 Å². The average Bonchev–Trinajstić information content (AvgIpc) is 2.25. The Hall–Kier alpha value is -1.63. The Kier molecular flexibility index (Phi) is 4.04. The molecule has 0 aromatic carbocycles. The van der Waals surface area contributed by atoms with Crippen molar-refractivity contribution in [2.24, 2.45) is 0 Å². The third-order valence-corrected chi connectivity index (χ3v) is 2.31. The second-order valence-electron chi connectivity index (χ2n) is 3.52. The number of aryl methyl sites for hydroxylation is 1. The first-order chi connectivity index (χ1) is 7.16. The minimum atomic E-state index is 0.982. The van der Waals surface area contributed by atoms with E-state index in [-0.39, 0.29) is 0 Å². The summed E-state index contributed by atoms with van der Waals surface area (Å²) in [6, 6.07) is 3.99. The quantitative estimate of drug-likeness (QED) is 0.672. The zero-order valence-corrected chi connectivity index (χ0v) is 9.62. The van der Waals surface area contributed by atoms with Crippen molar-refractivity contribution < 1.29 is 0 Å². The van der Waals surface area contributed by atoms with Gasteiger partial charge in [0.15, 0.2) is 0 Å². The lowest BCUT2D eigenvalue weighted by molar-refractivity contribution is 1.21. The van der Waals surface area contributed by atoms with Crippen LogP contribution >= 0.6 is 0 Å². The minimum absolute atomic E-state index is 0.982. The van der Waals surface area contributed by atoms with Gasteiger partial charge in [0.1, 0.15) is 0 Å². The molecule has 0 amide bonds. The summed E-state index contributed by atoms with van der Waals surface area (Å²) in [5.74, 6) is 0. The van der Waals surface area contributed by atoms with Crippen molar-refractivity contribution in [1.82, 2.24) is 4.98 Å². The summed E-state index contributed by atoms with van der Waals surface area (Å²) in [6.45, 7) is 10.2. The molecule has 1 rings (SSSR count). The highest BCUT2D eigenvalue weighted by atomic mass is 14.7. The Labute approximate surface area is 91.9 Å². The Bertz CT molecular complexity index is 411. The molecule has 0 bridgehead atoms. The maximum absolute atomic E-state index is 4.34. The second kappa shape index (κ2) is 5.30. The SMILES string of the molecule is C=C(/C(C)=C\C=C/C)c1ncccc1C. The zero-order chi connectivity index (χ0) is 11.3. The van der Waals surface area contributed by atoms with Gasteiger partial charge in [0.2, 0.25) is 0 Å². The number of nitrogens with zero attached hydrogens (tertiary/aromatic N) is 1. The number of allylic oxidation sites excluding steroid dienone is 5. The van der Waals surface area contributed by atoms with E-state index in [9.17, 15) is 0 Å². The Balaban J connectivity index is 3.00. The molecule has 1 heteroatoms. The highest BCUT2D eigenvalue weighted by Crippen LogP contribution is 2.21. The molecule has 0 saturated heterocycles. The van der Waals surface area contributed by atoms with Gasteiger partial charge in [-0.25, -0.2) is 0 Å². The van der Waals surface area contributed by atoms with E-state index in [2.05, 4.69) is 37.6 Å². The van der Waals surface area contributed by atoms with Crippen LogP contribution in [-0.4, -0.2) is 4.98 Å². The Morgan fingerprint density at radius 1 is 1.47 bits per heavy atom. The Morgan fingerprint density at radius 2 is 2.20 bits per heavy atom. The average molecular weight is 199 g/mol.